The van der Waals surface area contributed by atoms with Crippen molar-refractivity contribution in [3.05, 3.63) is 42.0 Å². The van der Waals surface area contributed by atoms with E-state index in [-0.39, 0.29) is 0 Å². The van der Waals surface area contributed by atoms with Gasteiger partial charge in [-0.1, -0.05) is 76.7 Å². The highest BCUT2D eigenvalue weighted by molar-refractivity contribution is 6.60. The van der Waals surface area contributed by atoms with Crippen LogP contribution in [0.3, 0.4) is 0 Å². The van der Waals surface area contributed by atoms with Crippen molar-refractivity contribution in [1.82, 2.24) is 0 Å². The largest absolute Gasteiger partial charge is 0.156 e. The molecule has 0 amide bonds. The van der Waals surface area contributed by atoms with Crippen molar-refractivity contribution < 1.29 is 0 Å². The van der Waals surface area contributed by atoms with Crippen LogP contribution in [-0.4, -0.2) is 14.0 Å². The van der Waals surface area contributed by atoms with Crippen LogP contribution in [0.5, 0.6) is 0 Å². The van der Waals surface area contributed by atoms with Gasteiger partial charge < -0.3 is 0 Å². The Morgan fingerprint density at radius 1 is 1.00 bits per heavy atom. The summed E-state index contributed by atoms with van der Waals surface area (Å²) in [6, 6.07) is 9.69. The molecule has 0 spiro atoms. The minimum atomic E-state index is -1.27. The molecule has 0 heterocycles. The van der Waals surface area contributed by atoms with Gasteiger partial charge in [0, 0.05) is 6.42 Å². The number of allylic oxidation sites excluding steroid dienone is 2. The highest BCUT2D eigenvalue weighted by Crippen LogP contribution is 2.52. The number of halogens is 5. The zero-order chi connectivity index (χ0) is 12.7. The molecule has 1 aliphatic carbocycles. The minimum absolute atomic E-state index is 0.412. The van der Waals surface area contributed by atoms with E-state index in [9.17, 15) is 0 Å². The summed E-state index contributed by atoms with van der Waals surface area (Å²) >= 11 is 30.7. The second kappa shape index (κ2) is 4.83. The highest BCUT2D eigenvalue weighted by Gasteiger charge is 2.50. The van der Waals surface area contributed by atoms with Crippen molar-refractivity contribution in [2.75, 3.05) is 0 Å². The van der Waals surface area contributed by atoms with Crippen LogP contribution in [0, 0.1) is 0 Å². The molecule has 0 nitrogen and oxygen atoms in total. The smallest absolute Gasteiger partial charge is 0.116 e. The summed E-state index contributed by atoms with van der Waals surface area (Å²) < 4.78 is -2.44. The molecule has 0 saturated carbocycles. The normalized spacial score (nSPS) is 26.4. The lowest BCUT2D eigenvalue weighted by molar-refractivity contribution is 0.676. The maximum Gasteiger partial charge on any atom is 0.156 e. The van der Waals surface area contributed by atoms with E-state index in [4.69, 9.17) is 58.0 Å². The summed E-state index contributed by atoms with van der Waals surface area (Å²) in [6.45, 7) is 0. The zero-order valence-corrected chi connectivity index (χ0v) is 12.4. The van der Waals surface area contributed by atoms with Gasteiger partial charge >= 0.3 is 0 Å². The average molecular weight is 330 g/mol. The Morgan fingerprint density at radius 3 is 2.12 bits per heavy atom. The van der Waals surface area contributed by atoms with Crippen molar-refractivity contribution in [1.29, 1.82) is 0 Å². The molecule has 0 saturated heterocycles. The molecule has 1 aliphatic rings. The van der Waals surface area contributed by atoms with E-state index in [2.05, 4.69) is 0 Å². The molecule has 2 rings (SSSR count). The van der Waals surface area contributed by atoms with Crippen LogP contribution in [-0.2, 0) is 0 Å². The molecule has 17 heavy (non-hydrogen) atoms. The number of benzene rings is 1. The second-order valence-corrected chi connectivity index (χ2v) is 7.43. The van der Waals surface area contributed by atoms with Crippen LogP contribution < -0.4 is 0 Å². The number of hydrogen-bond acceptors (Lipinski definition) is 0. The SMILES string of the molecule is ClC1C(Cl)(Cl)C=C(c2ccccc2)CC1(Cl)Cl. The molecule has 1 atom stereocenters. The predicted octanol–water partition coefficient (Wildman–Crippen LogP) is 5.43. The standard InChI is InChI=1S/C12H9Cl5/c13-10-11(14,15)6-9(7-12(10,16)17)8-4-2-1-3-5-8/h1-6,10H,7H2. The fourth-order valence-electron chi connectivity index (χ4n) is 1.82. The summed E-state index contributed by atoms with van der Waals surface area (Å²) in [5, 5.41) is -0.755. The molecule has 0 N–H and O–H groups in total. The summed E-state index contributed by atoms with van der Waals surface area (Å²) in [5.41, 5.74) is 1.89. The van der Waals surface area contributed by atoms with E-state index in [0.29, 0.717) is 6.42 Å². The minimum Gasteiger partial charge on any atom is -0.116 e. The molecule has 5 heteroatoms. The van der Waals surface area contributed by atoms with Crippen molar-refractivity contribution in [3.8, 4) is 0 Å². The van der Waals surface area contributed by atoms with Crippen LogP contribution in [0.25, 0.3) is 5.57 Å². The molecule has 1 aromatic carbocycles. The Hall–Kier alpha value is 0.410. The summed E-state index contributed by atoms with van der Waals surface area (Å²) in [6.07, 6.45) is 2.13. The maximum absolute atomic E-state index is 6.18. The van der Waals surface area contributed by atoms with Gasteiger partial charge in [0.2, 0.25) is 0 Å². The Kier molecular flexibility index (Phi) is 3.93. The third-order valence-electron chi connectivity index (χ3n) is 2.65. The van der Waals surface area contributed by atoms with E-state index < -0.39 is 14.0 Å². The molecular weight excluding hydrogens is 321 g/mol. The molecule has 92 valence electrons. The highest BCUT2D eigenvalue weighted by atomic mass is 35.5. The van der Waals surface area contributed by atoms with E-state index in [1.54, 1.807) is 6.08 Å². The summed E-state index contributed by atoms with van der Waals surface area (Å²) in [7, 11) is 0. The van der Waals surface area contributed by atoms with E-state index in [0.717, 1.165) is 11.1 Å². The van der Waals surface area contributed by atoms with Crippen molar-refractivity contribution in [2.45, 2.75) is 20.5 Å². The van der Waals surface area contributed by atoms with E-state index in [1.165, 1.54) is 0 Å². The lowest BCUT2D eigenvalue weighted by Crippen LogP contribution is -2.42. The third kappa shape index (κ3) is 2.88. The third-order valence-corrected chi connectivity index (χ3v) is 5.17. The molecule has 1 aromatic rings. The first-order valence-corrected chi connectivity index (χ1v) is 6.94. The van der Waals surface area contributed by atoms with Crippen molar-refractivity contribution in [2.24, 2.45) is 0 Å². The van der Waals surface area contributed by atoms with Gasteiger partial charge in [-0.3, -0.25) is 0 Å². The van der Waals surface area contributed by atoms with Gasteiger partial charge in [-0.05, 0) is 17.2 Å². The van der Waals surface area contributed by atoms with Gasteiger partial charge in [-0.15, -0.1) is 11.6 Å². The quantitative estimate of drug-likeness (QED) is 0.602. The van der Waals surface area contributed by atoms with Crippen LogP contribution in [0.15, 0.2) is 36.4 Å². The Balaban J connectivity index is 2.44. The van der Waals surface area contributed by atoms with E-state index >= 15 is 0 Å². The van der Waals surface area contributed by atoms with Gasteiger partial charge in [0.1, 0.15) is 9.71 Å². The summed E-state index contributed by atoms with van der Waals surface area (Å²) in [4.78, 5) is 0. The molecule has 0 radical (unpaired) electrons. The van der Waals surface area contributed by atoms with Gasteiger partial charge in [0.25, 0.3) is 0 Å². The van der Waals surface area contributed by atoms with Crippen molar-refractivity contribution in [3.63, 3.8) is 0 Å². The first-order chi connectivity index (χ1) is 7.83. The number of alkyl halides is 5. The predicted molar refractivity (Wildman–Crippen MR) is 77.6 cm³/mol. The molecule has 1 unspecified atom stereocenters. The number of rotatable bonds is 1. The molecular formula is C12H9Cl5. The Bertz CT molecular complexity index is 435. The fourth-order valence-corrected chi connectivity index (χ4v) is 3.45. The van der Waals surface area contributed by atoms with Crippen LogP contribution in [0.4, 0.5) is 0 Å². The lowest BCUT2D eigenvalue weighted by atomic mass is 9.92. The molecule has 0 aliphatic heterocycles. The molecule has 0 aromatic heterocycles. The van der Waals surface area contributed by atoms with E-state index in [1.807, 2.05) is 30.3 Å². The van der Waals surface area contributed by atoms with Gasteiger partial charge in [-0.25, -0.2) is 0 Å². The van der Waals surface area contributed by atoms with Crippen molar-refractivity contribution >= 4 is 63.6 Å². The number of hydrogen-bond donors (Lipinski definition) is 0. The van der Waals surface area contributed by atoms with Crippen LogP contribution >= 0.6 is 58.0 Å². The van der Waals surface area contributed by atoms with Crippen LogP contribution in [0.2, 0.25) is 0 Å². The zero-order valence-electron chi connectivity index (χ0n) is 8.64. The van der Waals surface area contributed by atoms with Crippen LogP contribution in [0.1, 0.15) is 12.0 Å². The topological polar surface area (TPSA) is 0 Å². The fraction of sp³-hybridized carbons (Fsp3) is 0.333. The second-order valence-electron chi connectivity index (χ2n) is 4.01. The first-order valence-electron chi connectivity index (χ1n) is 5.00. The van der Waals surface area contributed by atoms with Gasteiger partial charge in [-0.2, -0.15) is 0 Å². The van der Waals surface area contributed by atoms with Gasteiger partial charge in [0.05, 0.1) is 0 Å². The molecule has 0 bridgehead atoms. The Labute approximate surface area is 125 Å². The van der Waals surface area contributed by atoms with Gasteiger partial charge in [0.15, 0.2) is 4.33 Å². The lowest BCUT2D eigenvalue weighted by Gasteiger charge is -2.37. The summed E-state index contributed by atoms with van der Waals surface area (Å²) in [5.74, 6) is 0. The first kappa shape index (κ1) is 13.8. The Morgan fingerprint density at radius 2 is 1.59 bits per heavy atom. The average Bonchev–Trinajstić information content (AvgIpc) is 2.26. The molecule has 0 fully saturated rings. The maximum atomic E-state index is 6.18. The monoisotopic (exact) mass is 328 g/mol.